The Balaban J connectivity index is 2.18. The molecule has 1 amide bonds. The van der Waals surface area contributed by atoms with Crippen molar-refractivity contribution in [2.45, 2.75) is 33.6 Å². The van der Waals surface area contributed by atoms with E-state index in [1.807, 2.05) is 37.3 Å². The number of nitrogens with zero attached hydrogens (tertiary/aromatic N) is 4. The Kier molecular flexibility index (Phi) is 6.73. The van der Waals surface area contributed by atoms with Crippen molar-refractivity contribution in [3.8, 4) is 0 Å². The molecule has 1 aromatic carbocycles. The van der Waals surface area contributed by atoms with Crippen LogP contribution in [0.1, 0.15) is 44.1 Å². The highest BCUT2D eigenvalue weighted by molar-refractivity contribution is 6.04. The van der Waals surface area contributed by atoms with E-state index >= 15 is 0 Å². The van der Waals surface area contributed by atoms with Gasteiger partial charge in [0, 0.05) is 25.3 Å². The van der Waals surface area contributed by atoms with Crippen LogP contribution in [0.2, 0.25) is 0 Å². The smallest absolute Gasteiger partial charge is 0.278 e. The standard InChI is InChI=1S/C19H26N4O/c1-4-12-22(13-5-2)18-15-20-17(14-21-18)19(24)23(6-3)16-10-8-7-9-11-16/h7-11,14-15H,4-6,12-13H2,1-3H3. The summed E-state index contributed by atoms with van der Waals surface area (Å²) in [6.07, 6.45) is 5.40. The maximum atomic E-state index is 12.7. The Morgan fingerprint density at radius 2 is 1.62 bits per heavy atom. The van der Waals surface area contributed by atoms with E-state index in [9.17, 15) is 4.79 Å². The van der Waals surface area contributed by atoms with Gasteiger partial charge in [0.15, 0.2) is 0 Å². The lowest BCUT2D eigenvalue weighted by atomic mass is 10.2. The van der Waals surface area contributed by atoms with Gasteiger partial charge >= 0.3 is 0 Å². The minimum Gasteiger partial charge on any atom is -0.355 e. The van der Waals surface area contributed by atoms with Gasteiger partial charge in [-0.15, -0.1) is 0 Å². The molecule has 2 aromatic rings. The van der Waals surface area contributed by atoms with Crippen LogP contribution in [0.3, 0.4) is 0 Å². The van der Waals surface area contributed by atoms with E-state index in [1.165, 1.54) is 0 Å². The first kappa shape index (κ1) is 17.9. The van der Waals surface area contributed by atoms with Gasteiger partial charge in [-0.3, -0.25) is 4.79 Å². The number of carbonyl (C=O) groups is 1. The summed E-state index contributed by atoms with van der Waals surface area (Å²) in [5.41, 5.74) is 1.24. The number of para-hydroxylation sites is 1. The number of hydrogen-bond acceptors (Lipinski definition) is 4. The quantitative estimate of drug-likeness (QED) is 0.741. The van der Waals surface area contributed by atoms with Crippen molar-refractivity contribution in [3.63, 3.8) is 0 Å². The lowest BCUT2D eigenvalue weighted by molar-refractivity contribution is 0.0983. The Bertz CT molecular complexity index is 622. The zero-order valence-electron chi connectivity index (χ0n) is 14.8. The number of anilines is 2. The van der Waals surface area contributed by atoms with Crippen molar-refractivity contribution in [2.75, 3.05) is 29.4 Å². The fraction of sp³-hybridized carbons (Fsp3) is 0.421. The number of rotatable bonds is 8. The highest BCUT2D eigenvalue weighted by Gasteiger charge is 2.18. The predicted octanol–water partition coefficient (Wildman–Crippen LogP) is 3.77. The van der Waals surface area contributed by atoms with E-state index in [-0.39, 0.29) is 5.91 Å². The Labute approximate surface area is 144 Å². The molecule has 0 N–H and O–H groups in total. The zero-order chi connectivity index (χ0) is 17.4. The maximum Gasteiger partial charge on any atom is 0.278 e. The van der Waals surface area contributed by atoms with Gasteiger partial charge in [0.05, 0.1) is 12.4 Å². The maximum absolute atomic E-state index is 12.7. The summed E-state index contributed by atoms with van der Waals surface area (Å²) in [5, 5.41) is 0. The second-order valence-electron chi connectivity index (χ2n) is 5.63. The molecule has 24 heavy (non-hydrogen) atoms. The Morgan fingerprint density at radius 3 is 2.12 bits per heavy atom. The second-order valence-corrected chi connectivity index (χ2v) is 5.63. The molecule has 0 aliphatic carbocycles. The first-order chi connectivity index (χ1) is 11.7. The third-order valence-electron chi connectivity index (χ3n) is 3.80. The minimum atomic E-state index is -0.125. The molecule has 0 spiro atoms. The van der Waals surface area contributed by atoms with Crippen LogP contribution in [0.25, 0.3) is 0 Å². The summed E-state index contributed by atoms with van der Waals surface area (Å²) in [6, 6.07) is 9.63. The van der Waals surface area contributed by atoms with Crippen LogP contribution in [-0.2, 0) is 0 Å². The number of aromatic nitrogens is 2. The molecule has 0 aliphatic heterocycles. The average molecular weight is 326 g/mol. The number of hydrogen-bond donors (Lipinski definition) is 0. The van der Waals surface area contributed by atoms with Gasteiger partial charge in [0.1, 0.15) is 11.5 Å². The molecule has 0 bridgehead atoms. The van der Waals surface area contributed by atoms with Crippen LogP contribution in [0.4, 0.5) is 11.5 Å². The zero-order valence-corrected chi connectivity index (χ0v) is 14.8. The SMILES string of the molecule is CCCN(CCC)c1cnc(C(=O)N(CC)c2ccccc2)cn1. The van der Waals surface area contributed by atoms with Crippen molar-refractivity contribution in [3.05, 3.63) is 48.4 Å². The van der Waals surface area contributed by atoms with Crippen LogP contribution in [0.5, 0.6) is 0 Å². The van der Waals surface area contributed by atoms with Gasteiger partial charge in [-0.1, -0.05) is 32.0 Å². The van der Waals surface area contributed by atoms with Crippen molar-refractivity contribution in [2.24, 2.45) is 0 Å². The van der Waals surface area contributed by atoms with E-state index in [4.69, 9.17) is 0 Å². The molecule has 0 fully saturated rings. The molecule has 0 aliphatic rings. The number of carbonyl (C=O) groups excluding carboxylic acids is 1. The topological polar surface area (TPSA) is 49.3 Å². The van der Waals surface area contributed by atoms with Crippen LogP contribution < -0.4 is 9.80 Å². The first-order valence-corrected chi connectivity index (χ1v) is 8.65. The lowest BCUT2D eigenvalue weighted by Crippen LogP contribution is -2.32. The van der Waals surface area contributed by atoms with Crippen LogP contribution >= 0.6 is 0 Å². The lowest BCUT2D eigenvalue weighted by Gasteiger charge is -2.23. The molecule has 2 rings (SSSR count). The summed E-state index contributed by atoms with van der Waals surface area (Å²) in [5.74, 6) is 0.707. The van der Waals surface area contributed by atoms with Crippen molar-refractivity contribution >= 4 is 17.4 Å². The van der Waals surface area contributed by atoms with Crippen LogP contribution in [0, 0.1) is 0 Å². The van der Waals surface area contributed by atoms with E-state index in [2.05, 4.69) is 28.7 Å². The van der Waals surface area contributed by atoms with Crippen LogP contribution in [0.15, 0.2) is 42.7 Å². The van der Waals surface area contributed by atoms with Crippen LogP contribution in [-0.4, -0.2) is 35.5 Å². The summed E-state index contributed by atoms with van der Waals surface area (Å²) in [7, 11) is 0. The third kappa shape index (κ3) is 4.31. The molecule has 0 saturated carbocycles. The molecule has 128 valence electrons. The van der Waals surface area contributed by atoms with E-state index in [1.54, 1.807) is 17.3 Å². The van der Waals surface area contributed by atoms with Crippen molar-refractivity contribution in [1.82, 2.24) is 9.97 Å². The second kappa shape index (κ2) is 9.01. The fourth-order valence-electron chi connectivity index (χ4n) is 2.67. The first-order valence-electron chi connectivity index (χ1n) is 8.65. The highest BCUT2D eigenvalue weighted by Crippen LogP contribution is 2.16. The van der Waals surface area contributed by atoms with Crippen molar-refractivity contribution in [1.29, 1.82) is 0 Å². The summed E-state index contributed by atoms with van der Waals surface area (Å²) < 4.78 is 0. The van der Waals surface area contributed by atoms with Crippen molar-refractivity contribution < 1.29 is 4.79 Å². The Morgan fingerprint density at radius 1 is 0.958 bits per heavy atom. The van der Waals surface area contributed by atoms with E-state index in [0.717, 1.165) is 37.4 Å². The monoisotopic (exact) mass is 326 g/mol. The fourth-order valence-corrected chi connectivity index (χ4v) is 2.67. The molecule has 1 aromatic heterocycles. The van der Waals surface area contributed by atoms with Gasteiger partial charge in [-0.25, -0.2) is 9.97 Å². The number of benzene rings is 1. The average Bonchev–Trinajstić information content (AvgIpc) is 2.63. The molecule has 1 heterocycles. The molecule has 0 saturated heterocycles. The number of amides is 1. The summed E-state index contributed by atoms with van der Waals surface area (Å²) >= 11 is 0. The Hall–Kier alpha value is -2.43. The molecule has 0 unspecified atom stereocenters. The molecular formula is C19H26N4O. The highest BCUT2D eigenvalue weighted by atomic mass is 16.2. The van der Waals surface area contributed by atoms with Gasteiger partial charge < -0.3 is 9.80 Å². The predicted molar refractivity (Wildman–Crippen MR) is 98.6 cm³/mol. The van der Waals surface area contributed by atoms with E-state index < -0.39 is 0 Å². The van der Waals surface area contributed by atoms with Gasteiger partial charge in [0.2, 0.25) is 0 Å². The van der Waals surface area contributed by atoms with Gasteiger partial charge in [0.25, 0.3) is 5.91 Å². The minimum absolute atomic E-state index is 0.125. The molecule has 5 heteroatoms. The summed E-state index contributed by atoms with van der Waals surface area (Å²) in [4.78, 5) is 25.5. The molecule has 5 nitrogen and oxygen atoms in total. The van der Waals surface area contributed by atoms with Gasteiger partial charge in [-0.2, -0.15) is 0 Å². The molecular weight excluding hydrogens is 300 g/mol. The van der Waals surface area contributed by atoms with Gasteiger partial charge in [-0.05, 0) is 31.9 Å². The largest absolute Gasteiger partial charge is 0.355 e. The third-order valence-corrected chi connectivity index (χ3v) is 3.80. The van der Waals surface area contributed by atoms with E-state index in [0.29, 0.717) is 12.2 Å². The summed E-state index contributed by atoms with van der Waals surface area (Å²) in [6.45, 7) is 8.72. The molecule has 0 atom stereocenters. The molecule has 0 radical (unpaired) electrons. The normalized spacial score (nSPS) is 10.5.